The third-order valence-electron chi connectivity index (χ3n) is 3.27. The molecule has 0 fully saturated rings. The van der Waals surface area contributed by atoms with Gasteiger partial charge in [0.2, 0.25) is 0 Å². The van der Waals surface area contributed by atoms with Crippen LogP contribution in [0.5, 0.6) is 0 Å². The van der Waals surface area contributed by atoms with E-state index >= 15 is 0 Å². The third-order valence-corrected chi connectivity index (χ3v) is 3.57. The molecular weight excluding hydrogens is 268 g/mol. The molecule has 0 aromatic heterocycles. The first-order valence-electron chi connectivity index (χ1n) is 6.95. The average molecular weight is 289 g/mol. The minimum atomic E-state index is 0.804. The fourth-order valence-corrected chi connectivity index (χ4v) is 2.53. The van der Waals surface area contributed by atoms with Crippen molar-refractivity contribution >= 4 is 17.3 Å². The van der Waals surface area contributed by atoms with E-state index in [0.29, 0.717) is 0 Å². The lowest BCUT2D eigenvalue weighted by Crippen LogP contribution is -2.17. The van der Waals surface area contributed by atoms with Crippen LogP contribution in [-0.4, -0.2) is 13.6 Å². The van der Waals surface area contributed by atoms with Gasteiger partial charge in [-0.1, -0.05) is 54.9 Å². The van der Waals surface area contributed by atoms with Crippen LogP contribution in [-0.2, 0) is 13.1 Å². The van der Waals surface area contributed by atoms with Crippen LogP contribution < -0.4 is 10.2 Å². The predicted octanol–water partition coefficient (Wildman–Crippen LogP) is 4.09. The fourth-order valence-electron chi connectivity index (χ4n) is 2.18. The van der Waals surface area contributed by atoms with Crippen molar-refractivity contribution in [3.63, 3.8) is 0 Å². The van der Waals surface area contributed by atoms with Crippen molar-refractivity contribution in [3.8, 4) is 0 Å². The minimum Gasteiger partial charge on any atom is -0.369 e. The second-order valence-electron chi connectivity index (χ2n) is 4.91. The van der Waals surface area contributed by atoms with Crippen molar-refractivity contribution < 1.29 is 0 Å². The molecule has 2 nitrogen and oxygen atoms in total. The Labute approximate surface area is 126 Å². The number of nitrogens with one attached hydrogen (secondary N) is 1. The molecular formula is C17H21ClN2. The molecule has 20 heavy (non-hydrogen) atoms. The summed E-state index contributed by atoms with van der Waals surface area (Å²) in [4.78, 5) is 2.18. The van der Waals surface area contributed by atoms with E-state index in [1.165, 1.54) is 11.1 Å². The number of anilines is 1. The Balaban J connectivity index is 2.08. The molecule has 0 atom stereocenters. The average Bonchev–Trinajstić information content (AvgIpc) is 2.46. The van der Waals surface area contributed by atoms with Gasteiger partial charge in [0.05, 0.1) is 10.7 Å². The Kier molecular flexibility index (Phi) is 5.45. The Morgan fingerprint density at radius 1 is 1.05 bits per heavy atom. The molecule has 0 radical (unpaired) electrons. The van der Waals surface area contributed by atoms with Crippen LogP contribution in [0.1, 0.15) is 18.1 Å². The first-order chi connectivity index (χ1) is 9.70. The van der Waals surface area contributed by atoms with Gasteiger partial charge in [0.25, 0.3) is 0 Å². The molecule has 2 aromatic carbocycles. The van der Waals surface area contributed by atoms with E-state index < -0.39 is 0 Å². The Bertz CT molecular complexity index is 540. The molecule has 0 bridgehead atoms. The highest BCUT2D eigenvalue weighted by atomic mass is 35.5. The van der Waals surface area contributed by atoms with Crippen LogP contribution in [0, 0.1) is 0 Å². The Morgan fingerprint density at radius 3 is 2.45 bits per heavy atom. The van der Waals surface area contributed by atoms with Crippen LogP contribution >= 0.6 is 11.6 Å². The molecule has 3 heteroatoms. The summed E-state index contributed by atoms with van der Waals surface area (Å²) < 4.78 is 0. The van der Waals surface area contributed by atoms with Gasteiger partial charge in [-0.05, 0) is 29.8 Å². The van der Waals surface area contributed by atoms with E-state index in [4.69, 9.17) is 11.6 Å². The molecule has 0 amide bonds. The Hall–Kier alpha value is -1.51. The molecule has 1 N–H and O–H groups in total. The van der Waals surface area contributed by atoms with Crippen LogP contribution in [0.4, 0.5) is 5.69 Å². The van der Waals surface area contributed by atoms with Gasteiger partial charge in [-0.15, -0.1) is 0 Å². The highest BCUT2D eigenvalue weighted by Gasteiger charge is 2.07. The van der Waals surface area contributed by atoms with Gasteiger partial charge in [-0.3, -0.25) is 0 Å². The van der Waals surface area contributed by atoms with E-state index in [2.05, 4.69) is 60.6 Å². The quantitative estimate of drug-likeness (QED) is 0.861. The number of rotatable bonds is 6. The van der Waals surface area contributed by atoms with Gasteiger partial charge >= 0.3 is 0 Å². The first kappa shape index (κ1) is 14.9. The maximum absolute atomic E-state index is 6.40. The lowest BCUT2D eigenvalue weighted by Gasteiger charge is -2.21. The zero-order valence-electron chi connectivity index (χ0n) is 12.1. The van der Waals surface area contributed by atoms with Gasteiger partial charge < -0.3 is 10.2 Å². The van der Waals surface area contributed by atoms with Crippen LogP contribution in [0.2, 0.25) is 5.02 Å². The van der Waals surface area contributed by atoms with Crippen LogP contribution in [0.25, 0.3) is 0 Å². The predicted molar refractivity (Wildman–Crippen MR) is 87.4 cm³/mol. The lowest BCUT2D eigenvalue weighted by atomic mass is 10.1. The normalized spacial score (nSPS) is 10.6. The van der Waals surface area contributed by atoms with E-state index in [1.807, 2.05) is 12.1 Å². The minimum absolute atomic E-state index is 0.804. The second kappa shape index (κ2) is 7.32. The molecule has 0 aliphatic heterocycles. The smallest absolute Gasteiger partial charge is 0.0642 e. The molecule has 2 aromatic rings. The SMILES string of the molecule is CCNCc1ccc(N(C)Cc2ccccc2)c(Cl)c1. The molecule has 106 valence electrons. The van der Waals surface area contributed by atoms with E-state index in [-0.39, 0.29) is 0 Å². The molecule has 0 spiro atoms. The summed E-state index contributed by atoms with van der Waals surface area (Å²) in [5.74, 6) is 0. The largest absolute Gasteiger partial charge is 0.369 e. The van der Waals surface area contributed by atoms with Crippen molar-refractivity contribution in [2.75, 3.05) is 18.5 Å². The van der Waals surface area contributed by atoms with E-state index in [9.17, 15) is 0 Å². The van der Waals surface area contributed by atoms with Crippen molar-refractivity contribution in [2.45, 2.75) is 20.0 Å². The van der Waals surface area contributed by atoms with Gasteiger partial charge in [-0.25, -0.2) is 0 Å². The van der Waals surface area contributed by atoms with Gasteiger partial charge in [0.15, 0.2) is 0 Å². The summed E-state index contributed by atoms with van der Waals surface area (Å²) in [5, 5.41) is 4.11. The van der Waals surface area contributed by atoms with E-state index in [0.717, 1.165) is 30.3 Å². The number of nitrogens with zero attached hydrogens (tertiary/aromatic N) is 1. The van der Waals surface area contributed by atoms with Gasteiger partial charge in [-0.2, -0.15) is 0 Å². The first-order valence-corrected chi connectivity index (χ1v) is 7.32. The van der Waals surface area contributed by atoms with Crippen molar-refractivity contribution in [2.24, 2.45) is 0 Å². The molecule has 0 saturated carbocycles. The van der Waals surface area contributed by atoms with Crippen molar-refractivity contribution in [1.29, 1.82) is 0 Å². The summed E-state index contributed by atoms with van der Waals surface area (Å²) in [5.41, 5.74) is 3.56. The lowest BCUT2D eigenvalue weighted by molar-refractivity contribution is 0.727. The number of hydrogen-bond acceptors (Lipinski definition) is 2. The van der Waals surface area contributed by atoms with Gasteiger partial charge in [0, 0.05) is 20.1 Å². The topological polar surface area (TPSA) is 15.3 Å². The second-order valence-corrected chi connectivity index (χ2v) is 5.31. The van der Waals surface area contributed by atoms with Gasteiger partial charge in [0.1, 0.15) is 0 Å². The standard InChI is InChI=1S/C17H21ClN2/c1-3-19-12-15-9-10-17(16(18)11-15)20(2)13-14-7-5-4-6-8-14/h4-11,19H,3,12-13H2,1-2H3. The maximum Gasteiger partial charge on any atom is 0.0642 e. The zero-order chi connectivity index (χ0) is 14.4. The molecule has 0 heterocycles. The van der Waals surface area contributed by atoms with Crippen LogP contribution in [0.3, 0.4) is 0 Å². The zero-order valence-corrected chi connectivity index (χ0v) is 12.8. The third kappa shape index (κ3) is 3.99. The molecule has 0 aliphatic carbocycles. The molecule has 2 rings (SSSR count). The van der Waals surface area contributed by atoms with E-state index in [1.54, 1.807) is 0 Å². The summed E-state index contributed by atoms with van der Waals surface area (Å²) in [6.07, 6.45) is 0. The Morgan fingerprint density at radius 2 is 1.80 bits per heavy atom. The summed E-state index contributed by atoms with van der Waals surface area (Å²) in [6, 6.07) is 16.7. The summed E-state index contributed by atoms with van der Waals surface area (Å²) in [7, 11) is 2.07. The molecule has 0 saturated heterocycles. The van der Waals surface area contributed by atoms with Crippen LogP contribution in [0.15, 0.2) is 48.5 Å². The highest BCUT2D eigenvalue weighted by Crippen LogP contribution is 2.27. The summed E-state index contributed by atoms with van der Waals surface area (Å²) >= 11 is 6.40. The molecule has 0 aliphatic rings. The summed E-state index contributed by atoms with van der Waals surface area (Å²) in [6.45, 7) is 4.78. The maximum atomic E-state index is 6.40. The van der Waals surface area contributed by atoms with Crippen molar-refractivity contribution in [1.82, 2.24) is 5.32 Å². The number of benzene rings is 2. The monoisotopic (exact) mass is 288 g/mol. The molecule has 0 unspecified atom stereocenters. The van der Waals surface area contributed by atoms with Crippen molar-refractivity contribution in [3.05, 3.63) is 64.7 Å². The fraction of sp³-hybridized carbons (Fsp3) is 0.294. The number of halogens is 1. The highest BCUT2D eigenvalue weighted by molar-refractivity contribution is 6.33. The number of hydrogen-bond donors (Lipinski definition) is 1.